The molecule has 0 aliphatic rings. The van der Waals surface area contributed by atoms with Gasteiger partial charge in [0.2, 0.25) is 0 Å². The van der Waals surface area contributed by atoms with E-state index in [1.807, 2.05) is 102 Å². The Balaban J connectivity index is 3.01. The van der Waals surface area contributed by atoms with E-state index in [9.17, 15) is 0 Å². The Morgan fingerprint density at radius 2 is 0.697 bits per heavy atom. The van der Waals surface area contributed by atoms with Gasteiger partial charge in [-0.25, -0.2) is 0 Å². The second-order valence-electron chi connectivity index (χ2n) is 6.72. The summed E-state index contributed by atoms with van der Waals surface area (Å²) in [5.74, 6) is 0. The summed E-state index contributed by atoms with van der Waals surface area (Å²) in [5, 5.41) is 1.76. The van der Waals surface area contributed by atoms with Gasteiger partial charge < -0.3 is 0 Å². The van der Waals surface area contributed by atoms with E-state index in [1.54, 1.807) is 0 Å². The molecule has 0 amide bonds. The van der Waals surface area contributed by atoms with Gasteiger partial charge >= 0.3 is 208 Å². The van der Waals surface area contributed by atoms with E-state index >= 15 is 0 Å². The Labute approximate surface area is 207 Å². The van der Waals surface area contributed by atoms with E-state index in [0.29, 0.717) is 39.6 Å². The Morgan fingerprint density at radius 3 is 0.909 bits per heavy atom. The normalized spacial score (nSPS) is 15.0. The third-order valence-electron chi connectivity index (χ3n) is 4.57. The van der Waals surface area contributed by atoms with Gasteiger partial charge in [0.05, 0.1) is 0 Å². The third-order valence-corrected chi connectivity index (χ3v) is 28.3. The first-order valence-corrected chi connectivity index (χ1v) is 19.4. The third kappa shape index (κ3) is 5.76. The molecule has 0 atom stereocenters. The zero-order valence-electron chi connectivity index (χ0n) is 20.7. The van der Waals surface area contributed by atoms with Crippen molar-refractivity contribution in [1.82, 2.24) is 0 Å². The Hall–Kier alpha value is -0.278. The molecule has 192 valence electrons. The molecule has 6 nitrogen and oxygen atoms in total. The van der Waals surface area contributed by atoms with Crippen molar-refractivity contribution in [3.8, 4) is 0 Å². The first-order valence-electron chi connectivity index (χ1n) is 11.6. The van der Waals surface area contributed by atoms with Crippen LogP contribution in [0.5, 0.6) is 0 Å². The zero-order valence-corrected chi connectivity index (χ0v) is 24.0. The molecule has 0 aromatic heterocycles. The van der Waals surface area contributed by atoms with Crippen LogP contribution >= 0.6 is 10.9 Å². The van der Waals surface area contributed by atoms with Gasteiger partial charge in [-0.3, -0.25) is 0 Å². The fraction of sp³-hybridized carbons (Fsp3) is 0.500. The summed E-state index contributed by atoms with van der Waals surface area (Å²) >= 11 is -0.489. The Bertz CT molecular complexity index is 730. The molecule has 33 heavy (non-hydrogen) atoms. The van der Waals surface area contributed by atoms with Crippen molar-refractivity contribution in [3.05, 3.63) is 60.7 Å². The van der Waals surface area contributed by atoms with Gasteiger partial charge in [-0.05, 0) is 0 Å². The van der Waals surface area contributed by atoms with Crippen LogP contribution in [0.4, 0.5) is 0 Å². The van der Waals surface area contributed by atoms with Crippen LogP contribution in [0.15, 0.2) is 60.7 Å². The van der Waals surface area contributed by atoms with E-state index in [-0.39, 0.29) is 0 Å². The Morgan fingerprint density at radius 1 is 0.455 bits per heavy atom. The van der Waals surface area contributed by atoms with Crippen molar-refractivity contribution in [3.63, 3.8) is 0 Å². The summed E-state index contributed by atoms with van der Waals surface area (Å²) in [6.07, 6.45) is 0. The molecule has 0 saturated carbocycles. The fourth-order valence-electron chi connectivity index (χ4n) is 3.62. The van der Waals surface area contributed by atoms with E-state index in [1.165, 1.54) is 0 Å². The monoisotopic (exact) mass is 592 g/mol. The topological polar surface area (TPSA) is 55.4 Å². The molecule has 0 bridgehead atoms. The van der Waals surface area contributed by atoms with E-state index in [4.69, 9.17) is 27.1 Å². The summed E-state index contributed by atoms with van der Waals surface area (Å²) in [6, 6.07) is 20.0. The van der Waals surface area contributed by atoms with Crippen molar-refractivity contribution in [2.45, 2.75) is 41.5 Å². The second kappa shape index (κ2) is 12.6. The standard InChI is InChI=1S/2C12H20O3P.Pd/c2*1-4-13-16(14-5-2,15-6-3)12-10-8-7-9-11-12;/h2*7-11H,4-6H2,1-3H3;/q2*+1;-2. The summed E-state index contributed by atoms with van der Waals surface area (Å²) < 4.78 is 40.4. The van der Waals surface area contributed by atoms with Crippen LogP contribution in [0.3, 0.4) is 0 Å². The van der Waals surface area contributed by atoms with Gasteiger partial charge in [-0.15, -0.1) is 0 Å². The summed E-state index contributed by atoms with van der Waals surface area (Å²) in [4.78, 5) is 0. The molecule has 0 saturated heterocycles. The van der Waals surface area contributed by atoms with Crippen molar-refractivity contribution >= 4 is 21.6 Å². The molecule has 0 N–H and O–H groups in total. The van der Waals surface area contributed by atoms with Crippen molar-refractivity contribution in [2.75, 3.05) is 39.6 Å². The van der Waals surface area contributed by atoms with Crippen LogP contribution in [-0.2, 0) is 44.1 Å². The zero-order chi connectivity index (χ0) is 24.3. The molecule has 0 heterocycles. The van der Waals surface area contributed by atoms with Gasteiger partial charge in [-0.2, -0.15) is 0 Å². The van der Waals surface area contributed by atoms with Gasteiger partial charge in [0.25, 0.3) is 0 Å². The second-order valence-corrected chi connectivity index (χ2v) is 22.8. The average Bonchev–Trinajstić information content (AvgIpc) is 2.81. The molecule has 0 aliphatic heterocycles. The van der Waals surface area contributed by atoms with Crippen LogP contribution in [0.2, 0.25) is 0 Å². The minimum atomic E-state index is -4.01. The summed E-state index contributed by atoms with van der Waals surface area (Å²) in [7, 11) is 0. The van der Waals surface area contributed by atoms with E-state index in [2.05, 4.69) is 0 Å². The van der Waals surface area contributed by atoms with Gasteiger partial charge in [0.15, 0.2) is 0 Å². The van der Waals surface area contributed by atoms with E-state index in [0.717, 1.165) is 10.6 Å². The number of hydrogen-bond donors (Lipinski definition) is 0. The van der Waals surface area contributed by atoms with Crippen LogP contribution < -0.4 is 10.6 Å². The molecular formula is C24H40O6P2Pd. The van der Waals surface area contributed by atoms with Gasteiger partial charge in [0, 0.05) is 0 Å². The van der Waals surface area contributed by atoms with Crippen molar-refractivity contribution in [2.24, 2.45) is 0 Å². The maximum atomic E-state index is 6.73. The first-order chi connectivity index (χ1) is 15.9. The van der Waals surface area contributed by atoms with Gasteiger partial charge in [0.1, 0.15) is 0 Å². The van der Waals surface area contributed by atoms with Crippen LogP contribution in [0, 0.1) is 0 Å². The Kier molecular flexibility index (Phi) is 11.1. The SMILES string of the molecule is CCO[P](OCC)(OCC)([Pd][P](OCC)(OCC)(OCC)c1ccccc1)c1ccccc1. The van der Waals surface area contributed by atoms with Gasteiger partial charge in [-0.1, -0.05) is 0 Å². The van der Waals surface area contributed by atoms with Crippen LogP contribution in [0.1, 0.15) is 41.5 Å². The van der Waals surface area contributed by atoms with E-state index < -0.39 is 27.9 Å². The molecule has 0 aliphatic carbocycles. The fourth-order valence-corrected chi connectivity index (χ4v) is 33.1. The summed E-state index contributed by atoms with van der Waals surface area (Å²) in [5.41, 5.74) is -8.01. The number of benzene rings is 2. The van der Waals surface area contributed by atoms with Crippen molar-refractivity contribution < 1.29 is 44.1 Å². The van der Waals surface area contributed by atoms with Crippen LogP contribution in [0.25, 0.3) is 0 Å². The molecule has 0 fully saturated rings. The predicted molar refractivity (Wildman–Crippen MR) is 136 cm³/mol. The number of hydrogen-bond acceptors (Lipinski definition) is 6. The molecule has 0 radical (unpaired) electrons. The molecular weight excluding hydrogens is 553 g/mol. The molecule has 0 unspecified atom stereocenters. The van der Waals surface area contributed by atoms with Crippen molar-refractivity contribution in [1.29, 1.82) is 0 Å². The predicted octanol–water partition coefficient (Wildman–Crippen LogP) is 6.37. The molecule has 0 spiro atoms. The average molecular weight is 593 g/mol. The first kappa shape index (κ1) is 29.0. The quantitative estimate of drug-likeness (QED) is 0.167. The molecule has 2 aromatic rings. The molecule has 2 rings (SSSR count). The molecule has 2 aromatic carbocycles. The molecule has 9 heteroatoms. The van der Waals surface area contributed by atoms with Crippen LogP contribution in [-0.4, -0.2) is 39.6 Å². The minimum absolute atomic E-state index is 0.414. The maximum absolute atomic E-state index is 6.73. The summed E-state index contributed by atoms with van der Waals surface area (Å²) in [6.45, 7) is 14.3. The number of rotatable bonds is 16.